The van der Waals surface area contributed by atoms with E-state index in [4.69, 9.17) is 10.8 Å². The van der Waals surface area contributed by atoms with E-state index in [1.54, 1.807) is 0 Å². The summed E-state index contributed by atoms with van der Waals surface area (Å²) in [5.41, 5.74) is 8.37. The van der Waals surface area contributed by atoms with Gasteiger partial charge in [-0.25, -0.2) is 0 Å². The van der Waals surface area contributed by atoms with Crippen LogP contribution in [-0.4, -0.2) is 24.2 Å². The summed E-state index contributed by atoms with van der Waals surface area (Å²) in [6.45, 7) is 2.14. The number of benzene rings is 1. The topological polar surface area (TPSA) is 66.6 Å². The lowest BCUT2D eigenvalue weighted by molar-refractivity contribution is -0.137. The van der Waals surface area contributed by atoms with E-state index in [-0.39, 0.29) is 12.5 Å². The van der Waals surface area contributed by atoms with E-state index in [0.717, 1.165) is 18.7 Å². The summed E-state index contributed by atoms with van der Waals surface area (Å²) in [6.07, 6.45) is 3.05. The van der Waals surface area contributed by atoms with Crippen molar-refractivity contribution in [3.63, 3.8) is 0 Å². The van der Waals surface area contributed by atoms with E-state index < -0.39 is 5.97 Å². The molecule has 0 unspecified atom stereocenters. The molecule has 0 radical (unpaired) electrons. The van der Waals surface area contributed by atoms with E-state index in [2.05, 4.69) is 11.0 Å². The van der Waals surface area contributed by atoms with Crippen molar-refractivity contribution in [2.45, 2.75) is 31.7 Å². The molecule has 0 aromatic heterocycles. The number of hydrogen-bond donors (Lipinski definition) is 2. The van der Waals surface area contributed by atoms with Gasteiger partial charge in [-0.05, 0) is 30.9 Å². The Balaban J connectivity index is 2.13. The van der Waals surface area contributed by atoms with E-state index in [9.17, 15) is 4.79 Å². The Labute approximate surface area is 107 Å². The van der Waals surface area contributed by atoms with Gasteiger partial charge in [-0.2, -0.15) is 0 Å². The van der Waals surface area contributed by atoms with E-state index in [0.29, 0.717) is 6.42 Å². The molecule has 1 saturated heterocycles. The van der Waals surface area contributed by atoms with Crippen LogP contribution in [0.2, 0.25) is 0 Å². The van der Waals surface area contributed by atoms with Gasteiger partial charge in [0.25, 0.3) is 0 Å². The lowest BCUT2D eigenvalue weighted by Gasteiger charge is -2.24. The number of rotatable bonds is 5. The summed E-state index contributed by atoms with van der Waals surface area (Å²) in [6, 6.07) is 7.89. The molecule has 98 valence electrons. The maximum Gasteiger partial charge on any atom is 0.303 e. The van der Waals surface area contributed by atoms with Gasteiger partial charge in [0.2, 0.25) is 0 Å². The first kappa shape index (κ1) is 12.9. The van der Waals surface area contributed by atoms with Crippen LogP contribution in [0.15, 0.2) is 24.3 Å². The molecule has 1 aromatic rings. The van der Waals surface area contributed by atoms with Crippen LogP contribution in [0, 0.1) is 0 Å². The zero-order valence-corrected chi connectivity index (χ0v) is 10.5. The fourth-order valence-electron chi connectivity index (χ4n) is 2.48. The lowest BCUT2D eigenvalue weighted by atomic mass is 10.0. The van der Waals surface area contributed by atoms with Crippen LogP contribution in [0.3, 0.4) is 0 Å². The second-order valence-electron chi connectivity index (χ2n) is 4.79. The largest absolute Gasteiger partial charge is 0.481 e. The molecule has 0 saturated carbocycles. The van der Waals surface area contributed by atoms with Gasteiger partial charge < -0.3 is 15.7 Å². The molecule has 4 nitrogen and oxygen atoms in total. The molecule has 1 aromatic carbocycles. The van der Waals surface area contributed by atoms with Gasteiger partial charge in [0.05, 0.1) is 0 Å². The number of aliphatic carboxylic acids is 1. The number of nitrogens with two attached hydrogens (primary N) is 1. The smallest absolute Gasteiger partial charge is 0.303 e. The minimum Gasteiger partial charge on any atom is -0.481 e. The Morgan fingerprint density at radius 1 is 1.33 bits per heavy atom. The zero-order valence-electron chi connectivity index (χ0n) is 10.5. The average Bonchev–Trinajstić information content (AvgIpc) is 2.89. The predicted molar refractivity (Wildman–Crippen MR) is 71.7 cm³/mol. The maximum atomic E-state index is 10.6. The van der Waals surface area contributed by atoms with Gasteiger partial charge in [0, 0.05) is 31.2 Å². The van der Waals surface area contributed by atoms with Crippen LogP contribution in [0.5, 0.6) is 0 Å². The standard InChI is InChI=1S/C14H20N2O2/c15-12(7-8-14(17)18)11-5-1-2-6-13(11)16-9-3-4-10-16/h1-2,5-6,12H,3-4,7-10,15H2,(H,17,18)/t12-/m0/s1. The van der Waals surface area contributed by atoms with E-state index in [1.165, 1.54) is 18.5 Å². The lowest BCUT2D eigenvalue weighted by Crippen LogP contribution is -2.22. The number of hydrogen-bond acceptors (Lipinski definition) is 3. The molecule has 0 bridgehead atoms. The molecule has 1 heterocycles. The van der Waals surface area contributed by atoms with Crippen molar-refractivity contribution < 1.29 is 9.90 Å². The first-order valence-electron chi connectivity index (χ1n) is 6.49. The highest BCUT2D eigenvalue weighted by Gasteiger charge is 2.18. The third-order valence-electron chi connectivity index (χ3n) is 3.45. The number of para-hydroxylation sites is 1. The molecule has 1 aliphatic heterocycles. The van der Waals surface area contributed by atoms with Gasteiger partial charge >= 0.3 is 5.97 Å². The number of carbonyl (C=O) groups is 1. The number of nitrogens with zero attached hydrogens (tertiary/aromatic N) is 1. The summed E-state index contributed by atoms with van der Waals surface area (Å²) in [7, 11) is 0. The normalized spacial score (nSPS) is 16.8. The van der Waals surface area contributed by atoms with Gasteiger partial charge in [-0.3, -0.25) is 4.79 Å². The molecule has 0 spiro atoms. The molecular weight excluding hydrogens is 228 g/mol. The number of carboxylic acid groups (broad SMARTS) is 1. The molecule has 2 rings (SSSR count). The van der Waals surface area contributed by atoms with Crippen LogP contribution >= 0.6 is 0 Å². The maximum absolute atomic E-state index is 10.6. The fraction of sp³-hybridized carbons (Fsp3) is 0.500. The Bertz CT molecular complexity index is 414. The van der Waals surface area contributed by atoms with Crippen LogP contribution in [0.4, 0.5) is 5.69 Å². The van der Waals surface area contributed by atoms with Gasteiger partial charge in [-0.1, -0.05) is 18.2 Å². The molecule has 1 atom stereocenters. The first-order valence-corrected chi connectivity index (χ1v) is 6.49. The van der Waals surface area contributed by atoms with Crippen molar-refractivity contribution in [3.8, 4) is 0 Å². The molecule has 4 heteroatoms. The fourth-order valence-corrected chi connectivity index (χ4v) is 2.48. The number of carboxylic acids is 1. The summed E-state index contributed by atoms with van der Waals surface area (Å²) in [4.78, 5) is 13.0. The summed E-state index contributed by atoms with van der Waals surface area (Å²) in [5.74, 6) is -0.788. The third-order valence-corrected chi connectivity index (χ3v) is 3.45. The summed E-state index contributed by atoms with van der Waals surface area (Å²) >= 11 is 0. The second-order valence-corrected chi connectivity index (χ2v) is 4.79. The molecule has 1 aliphatic rings. The molecule has 3 N–H and O–H groups in total. The van der Waals surface area contributed by atoms with Gasteiger partial charge in [0.1, 0.15) is 0 Å². The minimum absolute atomic E-state index is 0.121. The minimum atomic E-state index is -0.788. The summed E-state index contributed by atoms with van der Waals surface area (Å²) in [5, 5.41) is 8.72. The van der Waals surface area contributed by atoms with Crippen LogP contribution < -0.4 is 10.6 Å². The first-order chi connectivity index (χ1) is 8.68. The molecule has 0 amide bonds. The Morgan fingerprint density at radius 3 is 2.67 bits per heavy atom. The molecular formula is C14H20N2O2. The highest BCUT2D eigenvalue weighted by Crippen LogP contribution is 2.29. The van der Waals surface area contributed by atoms with Crippen molar-refractivity contribution >= 4 is 11.7 Å². The molecule has 0 aliphatic carbocycles. The van der Waals surface area contributed by atoms with Crippen molar-refractivity contribution in [2.24, 2.45) is 5.73 Å². The van der Waals surface area contributed by atoms with Gasteiger partial charge in [-0.15, -0.1) is 0 Å². The molecule has 1 fully saturated rings. The van der Waals surface area contributed by atoms with E-state index in [1.807, 2.05) is 18.2 Å². The highest BCUT2D eigenvalue weighted by molar-refractivity contribution is 5.67. The zero-order chi connectivity index (χ0) is 13.0. The summed E-state index contributed by atoms with van der Waals surface area (Å²) < 4.78 is 0. The van der Waals surface area contributed by atoms with Crippen molar-refractivity contribution in [3.05, 3.63) is 29.8 Å². The predicted octanol–water partition coefficient (Wildman–Crippen LogP) is 2.15. The van der Waals surface area contributed by atoms with Crippen molar-refractivity contribution in [1.82, 2.24) is 0 Å². The van der Waals surface area contributed by atoms with Crippen molar-refractivity contribution in [2.75, 3.05) is 18.0 Å². The monoisotopic (exact) mass is 248 g/mol. The highest BCUT2D eigenvalue weighted by atomic mass is 16.4. The number of anilines is 1. The van der Waals surface area contributed by atoms with Crippen molar-refractivity contribution in [1.29, 1.82) is 0 Å². The Morgan fingerprint density at radius 2 is 2.00 bits per heavy atom. The Kier molecular flexibility index (Phi) is 4.20. The second kappa shape index (κ2) is 5.87. The van der Waals surface area contributed by atoms with Crippen LogP contribution in [-0.2, 0) is 4.79 Å². The van der Waals surface area contributed by atoms with Gasteiger partial charge in [0.15, 0.2) is 0 Å². The van der Waals surface area contributed by atoms with Crippen LogP contribution in [0.1, 0.15) is 37.3 Å². The average molecular weight is 248 g/mol. The quantitative estimate of drug-likeness (QED) is 0.838. The third kappa shape index (κ3) is 3.01. The SMILES string of the molecule is N[C@@H](CCC(=O)O)c1ccccc1N1CCCC1. The van der Waals surface area contributed by atoms with E-state index >= 15 is 0 Å². The van der Waals surface area contributed by atoms with Crippen LogP contribution in [0.25, 0.3) is 0 Å². The molecule has 18 heavy (non-hydrogen) atoms. The Hall–Kier alpha value is -1.55.